The van der Waals surface area contributed by atoms with Crippen molar-refractivity contribution >= 4 is 9.84 Å². The van der Waals surface area contributed by atoms with Crippen LogP contribution < -0.4 is 0 Å². The van der Waals surface area contributed by atoms with E-state index >= 15 is 0 Å². The maximum atomic E-state index is 11.1. The molecule has 1 saturated heterocycles. The van der Waals surface area contributed by atoms with Crippen LogP contribution in [-0.4, -0.2) is 68.1 Å². The molecule has 2 rings (SSSR count). The lowest BCUT2D eigenvalue weighted by Crippen LogP contribution is -2.47. The zero-order valence-electron chi connectivity index (χ0n) is 11.5. The normalized spacial score (nSPS) is 18.8. The van der Waals surface area contributed by atoms with Gasteiger partial charge in [0.15, 0.2) is 0 Å². The largest absolute Gasteiger partial charge is 0.361 e. The Morgan fingerprint density at radius 2 is 1.89 bits per heavy atom. The van der Waals surface area contributed by atoms with E-state index in [2.05, 4.69) is 15.0 Å². The molecule has 0 N–H and O–H groups in total. The first-order chi connectivity index (χ1) is 8.92. The molecule has 7 heteroatoms. The fourth-order valence-corrected chi connectivity index (χ4v) is 2.78. The molecular formula is C12H21N3O3S. The van der Waals surface area contributed by atoms with Crippen LogP contribution in [0.25, 0.3) is 0 Å². The average molecular weight is 287 g/mol. The topological polar surface area (TPSA) is 66.7 Å². The third kappa shape index (κ3) is 4.93. The lowest BCUT2D eigenvalue weighted by molar-refractivity contribution is 0.130. The SMILES string of the molecule is Cc1cc(CN2CCN(CCS(C)(=O)=O)CC2)no1. The van der Waals surface area contributed by atoms with Crippen molar-refractivity contribution < 1.29 is 12.9 Å². The first-order valence-electron chi connectivity index (χ1n) is 6.47. The Morgan fingerprint density at radius 1 is 1.26 bits per heavy atom. The predicted molar refractivity (Wildman–Crippen MR) is 72.7 cm³/mol. The smallest absolute Gasteiger partial charge is 0.148 e. The molecule has 1 aliphatic rings. The second-order valence-electron chi connectivity index (χ2n) is 5.18. The van der Waals surface area contributed by atoms with Crippen molar-refractivity contribution in [2.75, 3.05) is 44.7 Å². The molecule has 0 aliphatic carbocycles. The summed E-state index contributed by atoms with van der Waals surface area (Å²) in [6.07, 6.45) is 1.29. The Labute approximate surface area is 114 Å². The number of aromatic nitrogens is 1. The first kappa shape index (κ1) is 14.5. The highest BCUT2D eigenvalue weighted by atomic mass is 32.2. The monoisotopic (exact) mass is 287 g/mol. The van der Waals surface area contributed by atoms with Crippen molar-refractivity contribution in [2.24, 2.45) is 0 Å². The molecule has 1 aliphatic heterocycles. The van der Waals surface area contributed by atoms with Crippen LogP contribution in [0.4, 0.5) is 0 Å². The molecule has 2 heterocycles. The quantitative estimate of drug-likeness (QED) is 0.768. The molecule has 0 saturated carbocycles. The number of nitrogens with zero attached hydrogens (tertiary/aromatic N) is 3. The number of rotatable bonds is 5. The van der Waals surface area contributed by atoms with Gasteiger partial charge in [0.1, 0.15) is 15.6 Å². The van der Waals surface area contributed by atoms with E-state index in [1.165, 1.54) is 6.26 Å². The van der Waals surface area contributed by atoms with Gasteiger partial charge in [0, 0.05) is 51.6 Å². The van der Waals surface area contributed by atoms with E-state index in [1.54, 1.807) is 0 Å². The van der Waals surface area contributed by atoms with E-state index in [1.807, 2.05) is 13.0 Å². The first-order valence-corrected chi connectivity index (χ1v) is 8.53. The summed E-state index contributed by atoms with van der Waals surface area (Å²) in [5, 5.41) is 3.99. The molecule has 0 amide bonds. The number of piperazine rings is 1. The number of hydrogen-bond acceptors (Lipinski definition) is 6. The summed E-state index contributed by atoms with van der Waals surface area (Å²) in [7, 11) is -2.86. The maximum absolute atomic E-state index is 11.1. The number of aryl methyl sites for hydroxylation is 1. The van der Waals surface area contributed by atoms with Crippen LogP contribution in [-0.2, 0) is 16.4 Å². The summed E-state index contributed by atoms with van der Waals surface area (Å²) < 4.78 is 27.3. The highest BCUT2D eigenvalue weighted by Crippen LogP contribution is 2.09. The Hall–Kier alpha value is -0.920. The third-order valence-electron chi connectivity index (χ3n) is 3.31. The Bertz CT molecular complexity index is 504. The molecule has 0 aromatic carbocycles. The third-order valence-corrected chi connectivity index (χ3v) is 4.23. The van der Waals surface area contributed by atoms with Gasteiger partial charge in [0.05, 0.1) is 11.4 Å². The van der Waals surface area contributed by atoms with Crippen LogP contribution in [0, 0.1) is 6.92 Å². The van der Waals surface area contributed by atoms with E-state index in [-0.39, 0.29) is 5.75 Å². The average Bonchev–Trinajstić information content (AvgIpc) is 2.73. The van der Waals surface area contributed by atoms with Gasteiger partial charge in [-0.3, -0.25) is 9.80 Å². The Morgan fingerprint density at radius 3 is 2.42 bits per heavy atom. The van der Waals surface area contributed by atoms with E-state index in [0.29, 0.717) is 6.54 Å². The highest BCUT2D eigenvalue weighted by Gasteiger charge is 2.18. The van der Waals surface area contributed by atoms with Gasteiger partial charge in [0.25, 0.3) is 0 Å². The van der Waals surface area contributed by atoms with Crippen molar-refractivity contribution in [1.82, 2.24) is 15.0 Å². The van der Waals surface area contributed by atoms with Crippen molar-refractivity contribution in [1.29, 1.82) is 0 Å². The zero-order valence-corrected chi connectivity index (χ0v) is 12.3. The summed E-state index contributed by atoms with van der Waals surface area (Å²) in [6.45, 7) is 7.02. The second-order valence-corrected chi connectivity index (χ2v) is 7.44. The number of sulfone groups is 1. The lowest BCUT2D eigenvalue weighted by Gasteiger charge is -2.34. The Balaban J connectivity index is 1.73. The van der Waals surface area contributed by atoms with Crippen molar-refractivity contribution in [2.45, 2.75) is 13.5 Å². The maximum Gasteiger partial charge on any atom is 0.148 e. The molecule has 0 radical (unpaired) electrons. The molecule has 1 aromatic heterocycles. The summed E-state index contributed by atoms with van der Waals surface area (Å²) >= 11 is 0. The van der Waals surface area contributed by atoms with Crippen LogP contribution >= 0.6 is 0 Å². The fraction of sp³-hybridized carbons (Fsp3) is 0.750. The van der Waals surface area contributed by atoms with E-state index in [4.69, 9.17) is 4.52 Å². The molecule has 1 fully saturated rings. The summed E-state index contributed by atoms with van der Waals surface area (Å²) in [6, 6.07) is 1.95. The van der Waals surface area contributed by atoms with Gasteiger partial charge in [-0.2, -0.15) is 0 Å². The molecule has 0 bridgehead atoms. The second kappa shape index (κ2) is 6.02. The zero-order chi connectivity index (χ0) is 13.9. The van der Waals surface area contributed by atoms with Crippen LogP contribution in [0.3, 0.4) is 0 Å². The standard InChI is InChI=1S/C12H21N3O3S/c1-11-9-12(13-18-11)10-15-5-3-14(4-6-15)7-8-19(2,16)17/h9H,3-8,10H2,1-2H3. The minimum atomic E-state index is -2.86. The van der Waals surface area contributed by atoms with Crippen molar-refractivity contribution in [3.63, 3.8) is 0 Å². The molecule has 108 valence electrons. The molecule has 0 unspecified atom stereocenters. The number of hydrogen-bond donors (Lipinski definition) is 0. The van der Waals surface area contributed by atoms with Gasteiger partial charge in [-0.05, 0) is 6.92 Å². The van der Waals surface area contributed by atoms with Crippen molar-refractivity contribution in [3.05, 3.63) is 17.5 Å². The van der Waals surface area contributed by atoms with Gasteiger partial charge >= 0.3 is 0 Å². The van der Waals surface area contributed by atoms with Gasteiger partial charge < -0.3 is 4.52 Å². The molecular weight excluding hydrogens is 266 g/mol. The molecule has 0 atom stereocenters. The predicted octanol–water partition coefficient (Wildman–Crippen LogP) is 0.145. The molecule has 6 nitrogen and oxygen atoms in total. The molecule has 19 heavy (non-hydrogen) atoms. The van der Waals surface area contributed by atoms with Gasteiger partial charge in [0.2, 0.25) is 0 Å². The van der Waals surface area contributed by atoms with Gasteiger partial charge in [-0.15, -0.1) is 0 Å². The summed E-state index contributed by atoms with van der Waals surface area (Å²) in [5.41, 5.74) is 0.960. The van der Waals surface area contributed by atoms with Crippen LogP contribution in [0.5, 0.6) is 0 Å². The van der Waals surface area contributed by atoms with Crippen LogP contribution in [0.1, 0.15) is 11.5 Å². The molecule has 0 spiro atoms. The summed E-state index contributed by atoms with van der Waals surface area (Å²) in [4.78, 5) is 4.51. The van der Waals surface area contributed by atoms with E-state index < -0.39 is 9.84 Å². The summed E-state index contributed by atoms with van der Waals surface area (Å²) in [5.74, 6) is 1.08. The van der Waals surface area contributed by atoms with Gasteiger partial charge in [-0.1, -0.05) is 5.16 Å². The van der Waals surface area contributed by atoms with E-state index in [0.717, 1.165) is 44.2 Å². The molecule has 1 aromatic rings. The van der Waals surface area contributed by atoms with Gasteiger partial charge in [-0.25, -0.2) is 8.42 Å². The van der Waals surface area contributed by atoms with Crippen molar-refractivity contribution in [3.8, 4) is 0 Å². The highest BCUT2D eigenvalue weighted by molar-refractivity contribution is 7.90. The minimum Gasteiger partial charge on any atom is -0.361 e. The van der Waals surface area contributed by atoms with Crippen LogP contribution in [0.15, 0.2) is 10.6 Å². The lowest BCUT2D eigenvalue weighted by atomic mass is 10.3. The van der Waals surface area contributed by atoms with E-state index in [9.17, 15) is 8.42 Å². The fourth-order valence-electron chi connectivity index (χ4n) is 2.19. The Kier molecular flexibility index (Phi) is 4.59. The van der Waals surface area contributed by atoms with Crippen LogP contribution in [0.2, 0.25) is 0 Å². The minimum absolute atomic E-state index is 0.246.